The summed E-state index contributed by atoms with van der Waals surface area (Å²) >= 11 is 0. The zero-order valence-corrected chi connectivity index (χ0v) is 14.9. The van der Waals surface area contributed by atoms with Crippen molar-refractivity contribution in [3.63, 3.8) is 0 Å². The minimum Gasteiger partial charge on any atom is -0.349 e. The number of amidine groups is 1. The fourth-order valence-electron chi connectivity index (χ4n) is 4.25. The van der Waals surface area contributed by atoms with E-state index in [9.17, 15) is 13.2 Å². The van der Waals surface area contributed by atoms with Crippen molar-refractivity contribution in [3.8, 4) is 0 Å². The number of nitrogens with zero attached hydrogens (tertiary/aromatic N) is 3. The number of carbonyl (C=O) groups excluding carboxylic acids is 1. The molecule has 0 bridgehead atoms. The van der Waals surface area contributed by atoms with Crippen LogP contribution in [0.15, 0.2) is 33.6 Å². The van der Waals surface area contributed by atoms with E-state index in [-0.39, 0.29) is 23.4 Å². The van der Waals surface area contributed by atoms with Gasteiger partial charge in [-0.05, 0) is 36.8 Å². The zero-order valence-electron chi connectivity index (χ0n) is 14.1. The van der Waals surface area contributed by atoms with E-state index in [0.29, 0.717) is 29.8 Å². The molecule has 0 aromatic heterocycles. The van der Waals surface area contributed by atoms with E-state index >= 15 is 0 Å². The van der Waals surface area contributed by atoms with Crippen LogP contribution >= 0.6 is 0 Å². The first kappa shape index (κ1) is 16.5. The Labute approximate surface area is 147 Å². The molecule has 8 heteroatoms. The Morgan fingerprint density at radius 1 is 1.32 bits per heavy atom. The number of likely N-dealkylation sites (N-methyl/N-ethyl adjacent to an activating group) is 1. The highest BCUT2D eigenvalue weighted by Gasteiger charge is 2.42. The van der Waals surface area contributed by atoms with E-state index in [0.717, 1.165) is 19.4 Å². The van der Waals surface area contributed by atoms with Crippen LogP contribution in [0.2, 0.25) is 0 Å². The molecule has 1 saturated carbocycles. The molecule has 1 aliphatic carbocycles. The smallest absolute Gasteiger partial charge is 0.285 e. The molecule has 4 rings (SSSR count). The van der Waals surface area contributed by atoms with E-state index in [2.05, 4.69) is 4.40 Å². The third kappa shape index (κ3) is 2.73. The molecule has 1 aromatic rings. The number of likely N-dealkylation sites (tertiary alicyclic amines) is 1. The molecule has 1 aromatic carbocycles. The van der Waals surface area contributed by atoms with Gasteiger partial charge < -0.3 is 15.5 Å². The maximum atomic E-state index is 12.7. The van der Waals surface area contributed by atoms with E-state index in [1.54, 1.807) is 36.2 Å². The van der Waals surface area contributed by atoms with Crippen molar-refractivity contribution in [2.45, 2.75) is 23.8 Å². The number of rotatable bonds is 2. The molecule has 3 aliphatic rings. The Balaban J connectivity index is 1.48. The first-order chi connectivity index (χ1) is 11.9. The third-order valence-electron chi connectivity index (χ3n) is 5.61. The molecule has 2 fully saturated rings. The molecule has 0 radical (unpaired) electrons. The van der Waals surface area contributed by atoms with Gasteiger partial charge in [0.2, 0.25) is 5.91 Å². The molecule has 134 valence electrons. The average molecular weight is 362 g/mol. The van der Waals surface area contributed by atoms with Crippen LogP contribution in [-0.2, 0) is 14.8 Å². The van der Waals surface area contributed by atoms with E-state index in [1.807, 2.05) is 4.90 Å². The summed E-state index contributed by atoms with van der Waals surface area (Å²) in [6.45, 7) is 1.57. The van der Waals surface area contributed by atoms with E-state index in [1.165, 1.54) is 0 Å². The monoisotopic (exact) mass is 362 g/mol. The summed E-state index contributed by atoms with van der Waals surface area (Å²) in [7, 11) is -1.96. The SMILES string of the molecule is CN(CC(=O)N1CC2CCC(N)C2C1)C1=NS(=O)(=O)c2ccccc21. The third-order valence-corrected chi connectivity index (χ3v) is 6.94. The number of hydrogen-bond acceptors (Lipinski definition) is 5. The highest BCUT2D eigenvalue weighted by atomic mass is 32.2. The van der Waals surface area contributed by atoms with Gasteiger partial charge in [-0.3, -0.25) is 4.79 Å². The molecule has 1 amide bonds. The second-order valence-corrected chi connectivity index (χ2v) is 8.78. The van der Waals surface area contributed by atoms with Crippen LogP contribution in [0, 0.1) is 11.8 Å². The number of carbonyl (C=O) groups is 1. The molecule has 1 saturated heterocycles. The number of nitrogens with two attached hydrogens (primary N) is 1. The summed E-state index contributed by atoms with van der Waals surface area (Å²) in [5.74, 6) is 1.24. The van der Waals surface area contributed by atoms with Crippen LogP contribution in [0.25, 0.3) is 0 Å². The summed E-state index contributed by atoms with van der Waals surface area (Å²) in [5.41, 5.74) is 6.69. The average Bonchev–Trinajstić information content (AvgIpc) is 3.22. The molecule has 2 heterocycles. The van der Waals surface area contributed by atoms with Crippen molar-refractivity contribution in [3.05, 3.63) is 29.8 Å². The van der Waals surface area contributed by atoms with Crippen LogP contribution < -0.4 is 5.73 Å². The maximum absolute atomic E-state index is 12.7. The van der Waals surface area contributed by atoms with E-state index in [4.69, 9.17) is 5.73 Å². The second-order valence-electron chi connectivity index (χ2n) is 7.21. The van der Waals surface area contributed by atoms with Crippen molar-refractivity contribution < 1.29 is 13.2 Å². The molecule has 2 N–H and O–H groups in total. The van der Waals surface area contributed by atoms with Crippen molar-refractivity contribution in [1.82, 2.24) is 9.80 Å². The van der Waals surface area contributed by atoms with Gasteiger partial charge in [-0.1, -0.05) is 12.1 Å². The highest BCUT2D eigenvalue weighted by Crippen LogP contribution is 2.37. The number of hydrogen-bond donors (Lipinski definition) is 1. The molecular formula is C17H22N4O3S. The Morgan fingerprint density at radius 2 is 2.08 bits per heavy atom. The predicted molar refractivity (Wildman–Crippen MR) is 93.6 cm³/mol. The quantitative estimate of drug-likeness (QED) is 0.814. The topological polar surface area (TPSA) is 96.1 Å². The summed E-state index contributed by atoms with van der Waals surface area (Å²) in [5, 5.41) is 0. The molecule has 0 spiro atoms. The molecule has 3 atom stereocenters. The van der Waals surface area contributed by atoms with Crippen molar-refractivity contribution in [1.29, 1.82) is 0 Å². The number of fused-ring (bicyclic) bond motifs is 2. The van der Waals surface area contributed by atoms with Crippen molar-refractivity contribution >= 4 is 21.8 Å². The highest BCUT2D eigenvalue weighted by molar-refractivity contribution is 7.90. The van der Waals surface area contributed by atoms with Gasteiger partial charge in [0.1, 0.15) is 4.90 Å². The van der Waals surface area contributed by atoms with Crippen LogP contribution in [0.4, 0.5) is 0 Å². The van der Waals surface area contributed by atoms with Crippen molar-refractivity contribution in [2.24, 2.45) is 22.0 Å². The number of amides is 1. The lowest BCUT2D eigenvalue weighted by Crippen LogP contribution is -2.41. The van der Waals surface area contributed by atoms with Crippen LogP contribution in [0.3, 0.4) is 0 Å². The maximum Gasteiger partial charge on any atom is 0.285 e. The number of sulfonamides is 1. The van der Waals surface area contributed by atoms with Gasteiger partial charge in [0.25, 0.3) is 10.0 Å². The first-order valence-corrected chi connectivity index (χ1v) is 9.99. The lowest BCUT2D eigenvalue weighted by Gasteiger charge is -2.24. The first-order valence-electron chi connectivity index (χ1n) is 8.55. The molecule has 2 aliphatic heterocycles. The Bertz CT molecular complexity index is 851. The fraction of sp³-hybridized carbons (Fsp3) is 0.529. The molecular weight excluding hydrogens is 340 g/mol. The zero-order chi connectivity index (χ0) is 17.8. The summed E-state index contributed by atoms with van der Waals surface area (Å²) in [4.78, 5) is 16.3. The second kappa shape index (κ2) is 5.81. The lowest BCUT2D eigenvalue weighted by molar-refractivity contribution is -0.130. The molecule has 7 nitrogen and oxygen atoms in total. The summed E-state index contributed by atoms with van der Waals surface area (Å²) < 4.78 is 28.2. The van der Waals surface area contributed by atoms with Gasteiger partial charge >= 0.3 is 0 Å². The van der Waals surface area contributed by atoms with Gasteiger partial charge in [-0.15, -0.1) is 4.40 Å². The normalized spacial score (nSPS) is 29.3. The van der Waals surface area contributed by atoms with Gasteiger partial charge in [0, 0.05) is 31.7 Å². The lowest BCUT2D eigenvalue weighted by atomic mass is 9.98. The largest absolute Gasteiger partial charge is 0.349 e. The summed E-state index contributed by atoms with van der Waals surface area (Å²) in [6.07, 6.45) is 2.13. The standard InChI is InChI=1S/C17H22N4O3S/c1-20(17-12-4-2-3-5-15(12)25(23,24)19-17)10-16(22)21-8-11-6-7-14(18)13(11)9-21/h2-5,11,13-14H,6-10,18H2,1H3. The minimum atomic E-state index is -3.67. The van der Waals surface area contributed by atoms with Gasteiger partial charge in [-0.25, -0.2) is 0 Å². The van der Waals surface area contributed by atoms with Crippen LogP contribution in [-0.4, -0.2) is 62.7 Å². The van der Waals surface area contributed by atoms with E-state index < -0.39 is 10.0 Å². The van der Waals surface area contributed by atoms with Crippen LogP contribution in [0.5, 0.6) is 0 Å². The molecule has 25 heavy (non-hydrogen) atoms. The fourth-order valence-corrected chi connectivity index (χ4v) is 5.50. The van der Waals surface area contributed by atoms with Crippen molar-refractivity contribution in [2.75, 3.05) is 26.7 Å². The minimum absolute atomic E-state index is 0.00595. The Hall–Kier alpha value is -1.93. The summed E-state index contributed by atoms with van der Waals surface area (Å²) in [6, 6.07) is 6.90. The Morgan fingerprint density at radius 3 is 2.84 bits per heavy atom. The Kier molecular flexibility index (Phi) is 3.84. The van der Waals surface area contributed by atoms with Gasteiger partial charge in [0.05, 0.1) is 6.54 Å². The van der Waals surface area contributed by atoms with Gasteiger partial charge in [-0.2, -0.15) is 8.42 Å². The predicted octanol–water partition coefficient (Wildman–Crippen LogP) is 0.263. The van der Waals surface area contributed by atoms with Crippen LogP contribution in [0.1, 0.15) is 18.4 Å². The number of benzene rings is 1. The van der Waals surface area contributed by atoms with Gasteiger partial charge in [0.15, 0.2) is 5.84 Å². The molecule has 3 unspecified atom stereocenters.